The van der Waals surface area contributed by atoms with Gasteiger partial charge in [-0.1, -0.05) is 0 Å². The maximum absolute atomic E-state index is 11.9. The second kappa shape index (κ2) is 5.24. The normalized spacial score (nSPS) is 12.2. The summed E-state index contributed by atoms with van der Waals surface area (Å²) in [7, 11) is 0. The Morgan fingerprint density at radius 1 is 1.50 bits per heavy atom. The molecule has 0 radical (unpaired) electrons. The van der Waals surface area contributed by atoms with Crippen molar-refractivity contribution in [3.63, 3.8) is 0 Å². The van der Waals surface area contributed by atoms with Gasteiger partial charge in [-0.25, -0.2) is 4.98 Å². The predicted octanol–water partition coefficient (Wildman–Crippen LogP) is 2.12. The number of nitrogens with zero attached hydrogens (tertiary/aromatic N) is 2. The summed E-state index contributed by atoms with van der Waals surface area (Å²) in [5, 5.41) is 5.21. The van der Waals surface area contributed by atoms with Crippen molar-refractivity contribution < 1.29 is 4.79 Å². The number of hydrogen-bond acceptors (Lipinski definition) is 5. The van der Waals surface area contributed by atoms with E-state index >= 15 is 0 Å². The molecule has 0 saturated heterocycles. The highest BCUT2D eigenvalue weighted by molar-refractivity contribution is 7.09. The van der Waals surface area contributed by atoms with Gasteiger partial charge in [0.05, 0.1) is 17.9 Å². The molecule has 1 atom stereocenters. The van der Waals surface area contributed by atoms with Gasteiger partial charge in [0.1, 0.15) is 10.7 Å². The number of pyridine rings is 1. The van der Waals surface area contributed by atoms with Crippen LogP contribution in [0.1, 0.15) is 34.0 Å². The largest absolute Gasteiger partial charge is 0.322 e. The van der Waals surface area contributed by atoms with Crippen LogP contribution < -0.4 is 11.1 Å². The highest BCUT2D eigenvalue weighted by Gasteiger charge is 2.12. The molecule has 0 saturated carbocycles. The second-order valence-electron chi connectivity index (χ2n) is 4.06. The molecule has 2 aromatic heterocycles. The molecule has 94 valence electrons. The number of nitrogens with two attached hydrogens (primary N) is 1. The van der Waals surface area contributed by atoms with Crippen molar-refractivity contribution in [2.75, 3.05) is 5.32 Å². The average molecular weight is 262 g/mol. The van der Waals surface area contributed by atoms with Crippen LogP contribution in [0.5, 0.6) is 0 Å². The summed E-state index contributed by atoms with van der Waals surface area (Å²) >= 11 is 1.39. The van der Waals surface area contributed by atoms with Crippen molar-refractivity contribution in [3.05, 3.63) is 40.1 Å². The van der Waals surface area contributed by atoms with Gasteiger partial charge in [-0.05, 0) is 25.5 Å². The number of nitrogens with one attached hydrogen (secondary N) is 1. The number of carbonyl (C=O) groups is 1. The maximum Gasteiger partial charge on any atom is 0.275 e. The van der Waals surface area contributed by atoms with E-state index in [-0.39, 0.29) is 11.9 Å². The van der Waals surface area contributed by atoms with Gasteiger partial charge in [0.25, 0.3) is 5.91 Å². The molecule has 2 rings (SSSR count). The average Bonchev–Trinajstić information content (AvgIpc) is 2.78. The van der Waals surface area contributed by atoms with Crippen molar-refractivity contribution >= 4 is 22.9 Å². The first-order valence-electron chi connectivity index (χ1n) is 5.50. The minimum absolute atomic E-state index is 0.155. The van der Waals surface area contributed by atoms with Crippen molar-refractivity contribution in [1.29, 1.82) is 0 Å². The van der Waals surface area contributed by atoms with E-state index in [2.05, 4.69) is 15.3 Å². The number of carbonyl (C=O) groups excluding carboxylic acids is 1. The van der Waals surface area contributed by atoms with Gasteiger partial charge >= 0.3 is 0 Å². The Kier molecular flexibility index (Phi) is 3.69. The van der Waals surface area contributed by atoms with Gasteiger partial charge in [0.2, 0.25) is 0 Å². The molecule has 0 aromatic carbocycles. The highest BCUT2D eigenvalue weighted by atomic mass is 32.1. The van der Waals surface area contributed by atoms with Gasteiger partial charge in [0, 0.05) is 11.6 Å². The van der Waals surface area contributed by atoms with E-state index in [9.17, 15) is 4.79 Å². The zero-order chi connectivity index (χ0) is 13.1. The molecule has 1 amide bonds. The lowest BCUT2D eigenvalue weighted by Crippen LogP contribution is -2.13. The van der Waals surface area contributed by atoms with Crippen LogP contribution in [0, 0.1) is 6.92 Å². The molecule has 5 nitrogen and oxygen atoms in total. The molecule has 0 aliphatic carbocycles. The summed E-state index contributed by atoms with van der Waals surface area (Å²) in [6.45, 7) is 3.75. The van der Waals surface area contributed by atoms with Crippen LogP contribution >= 0.6 is 11.3 Å². The van der Waals surface area contributed by atoms with Gasteiger partial charge < -0.3 is 11.1 Å². The van der Waals surface area contributed by atoms with Crippen LogP contribution in [0.3, 0.4) is 0 Å². The zero-order valence-electron chi connectivity index (χ0n) is 10.2. The van der Waals surface area contributed by atoms with Crippen LogP contribution in [-0.4, -0.2) is 15.9 Å². The molecule has 6 heteroatoms. The number of aryl methyl sites for hydroxylation is 1. The van der Waals surface area contributed by atoms with E-state index in [1.165, 1.54) is 11.3 Å². The minimum atomic E-state index is -0.245. The van der Waals surface area contributed by atoms with Crippen molar-refractivity contribution in [1.82, 2.24) is 9.97 Å². The quantitative estimate of drug-likeness (QED) is 0.887. The van der Waals surface area contributed by atoms with Crippen LogP contribution in [0.25, 0.3) is 0 Å². The topological polar surface area (TPSA) is 80.9 Å². The first-order chi connectivity index (χ1) is 8.56. The third-order valence-corrected chi connectivity index (χ3v) is 3.32. The molecule has 0 fully saturated rings. The standard InChI is InChI=1S/C12H14N4OS/c1-7-3-9(5-14-4-7)15-11(17)10-6-18-12(16-10)8(2)13/h3-6,8H,13H2,1-2H3,(H,15,17). The van der Waals surface area contributed by atoms with E-state index < -0.39 is 0 Å². The van der Waals surface area contributed by atoms with Crippen molar-refractivity contribution in [2.24, 2.45) is 5.73 Å². The predicted molar refractivity (Wildman–Crippen MR) is 71.6 cm³/mol. The fourth-order valence-corrected chi connectivity index (χ4v) is 2.18. The van der Waals surface area contributed by atoms with E-state index in [1.807, 2.05) is 19.9 Å². The Morgan fingerprint density at radius 2 is 2.28 bits per heavy atom. The number of rotatable bonds is 3. The molecule has 2 aromatic rings. The monoisotopic (exact) mass is 262 g/mol. The molecule has 2 heterocycles. The lowest BCUT2D eigenvalue weighted by Gasteiger charge is -2.03. The van der Waals surface area contributed by atoms with Gasteiger partial charge in [-0.15, -0.1) is 11.3 Å². The maximum atomic E-state index is 11.9. The SMILES string of the molecule is Cc1cncc(NC(=O)c2csc(C(C)N)n2)c1. The molecule has 1 unspecified atom stereocenters. The summed E-state index contributed by atoms with van der Waals surface area (Å²) in [6, 6.07) is 1.70. The number of amides is 1. The number of aromatic nitrogens is 2. The van der Waals surface area contributed by atoms with Gasteiger partial charge in [0.15, 0.2) is 0 Å². The summed E-state index contributed by atoms with van der Waals surface area (Å²) in [5.74, 6) is -0.245. The number of thiazole rings is 1. The van der Waals surface area contributed by atoms with Crippen LogP contribution in [-0.2, 0) is 0 Å². The van der Waals surface area contributed by atoms with E-state index in [4.69, 9.17) is 5.73 Å². The molecule has 0 spiro atoms. The summed E-state index contributed by atoms with van der Waals surface area (Å²) < 4.78 is 0. The Morgan fingerprint density at radius 3 is 2.89 bits per heavy atom. The Balaban J connectivity index is 2.12. The molecular weight excluding hydrogens is 248 g/mol. The van der Waals surface area contributed by atoms with Crippen molar-refractivity contribution in [3.8, 4) is 0 Å². The van der Waals surface area contributed by atoms with Gasteiger partial charge in [-0.3, -0.25) is 9.78 Å². The molecule has 0 aliphatic rings. The summed E-state index contributed by atoms with van der Waals surface area (Å²) in [6.07, 6.45) is 3.33. The lowest BCUT2D eigenvalue weighted by atomic mass is 10.3. The van der Waals surface area contributed by atoms with Crippen LogP contribution in [0.15, 0.2) is 23.8 Å². The van der Waals surface area contributed by atoms with Crippen LogP contribution in [0.2, 0.25) is 0 Å². The van der Waals surface area contributed by atoms with Gasteiger partial charge in [-0.2, -0.15) is 0 Å². The first-order valence-corrected chi connectivity index (χ1v) is 6.38. The van der Waals surface area contributed by atoms with E-state index in [0.29, 0.717) is 11.4 Å². The van der Waals surface area contributed by atoms with Crippen molar-refractivity contribution in [2.45, 2.75) is 19.9 Å². The Hall–Kier alpha value is -1.79. The third kappa shape index (κ3) is 2.91. The number of hydrogen-bond donors (Lipinski definition) is 2. The molecule has 3 N–H and O–H groups in total. The highest BCUT2D eigenvalue weighted by Crippen LogP contribution is 2.17. The summed E-state index contributed by atoms with van der Waals surface area (Å²) in [4.78, 5) is 20.1. The minimum Gasteiger partial charge on any atom is -0.322 e. The van der Waals surface area contributed by atoms with Crippen LogP contribution in [0.4, 0.5) is 5.69 Å². The van der Waals surface area contributed by atoms with E-state index in [0.717, 1.165) is 10.6 Å². The fraction of sp³-hybridized carbons (Fsp3) is 0.250. The molecule has 18 heavy (non-hydrogen) atoms. The second-order valence-corrected chi connectivity index (χ2v) is 4.95. The Bertz CT molecular complexity index is 565. The molecule has 0 bridgehead atoms. The number of anilines is 1. The van der Waals surface area contributed by atoms with E-state index in [1.54, 1.807) is 17.8 Å². The fourth-order valence-electron chi connectivity index (χ4n) is 1.42. The summed E-state index contributed by atoms with van der Waals surface area (Å²) in [5.41, 5.74) is 7.74. The Labute approximate surface area is 109 Å². The zero-order valence-corrected chi connectivity index (χ0v) is 11.0. The lowest BCUT2D eigenvalue weighted by molar-refractivity contribution is 0.102. The smallest absolute Gasteiger partial charge is 0.275 e. The third-order valence-electron chi connectivity index (χ3n) is 2.28. The molecule has 0 aliphatic heterocycles. The molecular formula is C12H14N4OS. The first kappa shape index (κ1) is 12.7.